The molecule has 4 heteroatoms. The largest absolute Gasteiger partial charge is 0.387 e. The highest BCUT2D eigenvalue weighted by molar-refractivity contribution is 5.99. The van der Waals surface area contributed by atoms with Gasteiger partial charge in [-0.25, -0.2) is 0 Å². The summed E-state index contributed by atoms with van der Waals surface area (Å²) < 4.78 is 0. The highest BCUT2D eigenvalue weighted by Gasteiger charge is 2.09. The standard InChI is InChI=1S/C14H23N3O/c1-4-17(5-2)11-10-16-14(18)12-8-6-7-9-13(12)15-3/h6-9,15H,4-5,10-11H2,1-3H3,(H,16,18). The van der Waals surface area contributed by atoms with Crippen LogP contribution in [0, 0.1) is 0 Å². The highest BCUT2D eigenvalue weighted by Crippen LogP contribution is 2.13. The van der Waals surface area contributed by atoms with Gasteiger partial charge in [0.2, 0.25) is 0 Å². The third-order valence-corrected chi connectivity index (χ3v) is 3.05. The molecular formula is C14H23N3O. The average molecular weight is 249 g/mol. The van der Waals surface area contributed by atoms with E-state index in [2.05, 4.69) is 29.4 Å². The quantitative estimate of drug-likeness (QED) is 0.774. The number of rotatable bonds is 7. The number of likely N-dealkylation sites (N-methyl/N-ethyl adjacent to an activating group) is 1. The van der Waals surface area contributed by atoms with E-state index in [1.54, 1.807) is 0 Å². The van der Waals surface area contributed by atoms with Gasteiger partial charge < -0.3 is 15.5 Å². The fraction of sp³-hybridized carbons (Fsp3) is 0.500. The molecule has 100 valence electrons. The third-order valence-electron chi connectivity index (χ3n) is 3.05. The van der Waals surface area contributed by atoms with Gasteiger partial charge in [-0.15, -0.1) is 0 Å². The van der Waals surface area contributed by atoms with Crippen molar-refractivity contribution in [2.45, 2.75) is 13.8 Å². The fourth-order valence-electron chi connectivity index (χ4n) is 1.86. The Morgan fingerprint density at radius 3 is 2.50 bits per heavy atom. The van der Waals surface area contributed by atoms with Crippen molar-refractivity contribution in [3.8, 4) is 0 Å². The number of hydrogen-bond acceptors (Lipinski definition) is 3. The first-order valence-corrected chi connectivity index (χ1v) is 6.50. The number of carbonyl (C=O) groups excluding carboxylic acids is 1. The molecule has 0 fully saturated rings. The fourth-order valence-corrected chi connectivity index (χ4v) is 1.86. The smallest absolute Gasteiger partial charge is 0.253 e. The summed E-state index contributed by atoms with van der Waals surface area (Å²) in [6.07, 6.45) is 0. The van der Waals surface area contributed by atoms with Crippen LogP contribution in [-0.2, 0) is 0 Å². The highest BCUT2D eigenvalue weighted by atomic mass is 16.1. The Morgan fingerprint density at radius 2 is 1.89 bits per heavy atom. The molecule has 1 amide bonds. The van der Waals surface area contributed by atoms with Crippen LogP contribution in [0.15, 0.2) is 24.3 Å². The minimum Gasteiger partial charge on any atom is -0.387 e. The van der Waals surface area contributed by atoms with Gasteiger partial charge in [-0.05, 0) is 25.2 Å². The first kappa shape index (κ1) is 14.5. The van der Waals surface area contributed by atoms with Gasteiger partial charge in [0.15, 0.2) is 0 Å². The van der Waals surface area contributed by atoms with E-state index in [1.165, 1.54) is 0 Å². The number of carbonyl (C=O) groups is 1. The Bertz CT molecular complexity index is 375. The monoisotopic (exact) mass is 249 g/mol. The van der Waals surface area contributed by atoms with Crippen LogP contribution < -0.4 is 10.6 Å². The molecule has 0 bridgehead atoms. The Kier molecular flexibility index (Phi) is 6.22. The van der Waals surface area contributed by atoms with Crippen molar-refractivity contribution in [2.24, 2.45) is 0 Å². The van der Waals surface area contributed by atoms with Gasteiger partial charge in [-0.1, -0.05) is 26.0 Å². The molecule has 0 spiro atoms. The van der Waals surface area contributed by atoms with Crippen molar-refractivity contribution in [3.05, 3.63) is 29.8 Å². The van der Waals surface area contributed by atoms with Gasteiger partial charge in [0.05, 0.1) is 5.56 Å². The molecule has 1 aromatic carbocycles. The lowest BCUT2D eigenvalue weighted by Crippen LogP contribution is -2.35. The first-order chi connectivity index (χ1) is 8.72. The Labute approximate surface area is 109 Å². The molecule has 1 rings (SSSR count). The number of nitrogens with one attached hydrogen (secondary N) is 2. The molecule has 1 aromatic rings. The van der Waals surface area contributed by atoms with Gasteiger partial charge in [0, 0.05) is 25.8 Å². The van der Waals surface area contributed by atoms with Crippen molar-refractivity contribution < 1.29 is 4.79 Å². The zero-order chi connectivity index (χ0) is 13.4. The number of nitrogens with zero attached hydrogens (tertiary/aromatic N) is 1. The zero-order valence-corrected chi connectivity index (χ0v) is 11.5. The number of anilines is 1. The predicted molar refractivity (Wildman–Crippen MR) is 76.1 cm³/mol. The molecule has 18 heavy (non-hydrogen) atoms. The molecule has 0 saturated heterocycles. The summed E-state index contributed by atoms with van der Waals surface area (Å²) in [6.45, 7) is 7.85. The molecule has 0 unspecified atom stereocenters. The number of benzene rings is 1. The molecule has 0 aliphatic carbocycles. The lowest BCUT2D eigenvalue weighted by atomic mass is 10.1. The van der Waals surface area contributed by atoms with Crippen LogP contribution in [0.1, 0.15) is 24.2 Å². The van der Waals surface area contributed by atoms with Crippen LogP contribution in [-0.4, -0.2) is 44.0 Å². The summed E-state index contributed by atoms with van der Waals surface area (Å²) in [5.74, 6) is -0.0212. The van der Waals surface area contributed by atoms with Crippen molar-refractivity contribution in [1.82, 2.24) is 10.2 Å². The van der Waals surface area contributed by atoms with E-state index in [1.807, 2.05) is 31.3 Å². The van der Waals surface area contributed by atoms with E-state index < -0.39 is 0 Å². The Balaban J connectivity index is 2.50. The maximum atomic E-state index is 12.0. The minimum absolute atomic E-state index is 0.0212. The summed E-state index contributed by atoms with van der Waals surface area (Å²) in [4.78, 5) is 14.3. The summed E-state index contributed by atoms with van der Waals surface area (Å²) in [5, 5.41) is 5.98. The third kappa shape index (κ3) is 4.04. The molecule has 2 N–H and O–H groups in total. The van der Waals surface area contributed by atoms with Crippen LogP contribution in [0.4, 0.5) is 5.69 Å². The van der Waals surface area contributed by atoms with E-state index in [-0.39, 0.29) is 5.91 Å². The van der Waals surface area contributed by atoms with E-state index in [9.17, 15) is 4.79 Å². The van der Waals surface area contributed by atoms with Crippen molar-refractivity contribution in [3.63, 3.8) is 0 Å². The maximum Gasteiger partial charge on any atom is 0.253 e. The molecule has 0 saturated carbocycles. The topological polar surface area (TPSA) is 44.4 Å². The Hall–Kier alpha value is -1.55. The summed E-state index contributed by atoms with van der Waals surface area (Å²) in [5.41, 5.74) is 1.55. The molecule has 0 aliphatic heterocycles. The number of para-hydroxylation sites is 1. The van der Waals surface area contributed by atoms with Crippen LogP contribution in [0.3, 0.4) is 0 Å². The predicted octanol–water partition coefficient (Wildman–Crippen LogP) is 1.80. The van der Waals surface area contributed by atoms with Crippen LogP contribution in [0.2, 0.25) is 0 Å². The van der Waals surface area contributed by atoms with Gasteiger partial charge in [-0.2, -0.15) is 0 Å². The van der Waals surface area contributed by atoms with E-state index in [4.69, 9.17) is 0 Å². The molecule has 0 aromatic heterocycles. The molecule has 0 atom stereocenters. The lowest BCUT2D eigenvalue weighted by molar-refractivity contribution is 0.0949. The summed E-state index contributed by atoms with van der Waals surface area (Å²) in [7, 11) is 1.82. The van der Waals surface area contributed by atoms with E-state index >= 15 is 0 Å². The van der Waals surface area contributed by atoms with Gasteiger partial charge >= 0.3 is 0 Å². The molecule has 0 heterocycles. The van der Waals surface area contributed by atoms with Gasteiger partial charge in [0.1, 0.15) is 0 Å². The van der Waals surface area contributed by atoms with Crippen molar-refractivity contribution in [2.75, 3.05) is 38.5 Å². The maximum absolute atomic E-state index is 12.0. The summed E-state index contributed by atoms with van der Waals surface area (Å²) >= 11 is 0. The molecule has 4 nitrogen and oxygen atoms in total. The van der Waals surface area contributed by atoms with Crippen molar-refractivity contribution >= 4 is 11.6 Å². The second-order valence-electron chi connectivity index (χ2n) is 4.08. The zero-order valence-electron chi connectivity index (χ0n) is 11.5. The van der Waals surface area contributed by atoms with Gasteiger partial charge in [-0.3, -0.25) is 4.79 Å². The lowest BCUT2D eigenvalue weighted by Gasteiger charge is -2.18. The second kappa shape index (κ2) is 7.71. The SMILES string of the molecule is CCN(CC)CCNC(=O)c1ccccc1NC. The normalized spacial score (nSPS) is 10.4. The molecule has 0 radical (unpaired) electrons. The molecular weight excluding hydrogens is 226 g/mol. The van der Waals surface area contributed by atoms with Crippen LogP contribution in [0.5, 0.6) is 0 Å². The summed E-state index contributed by atoms with van der Waals surface area (Å²) in [6, 6.07) is 7.52. The first-order valence-electron chi connectivity index (χ1n) is 6.50. The van der Waals surface area contributed by atoms with E-state index in [0.717, 1.165) is 25.3 Å². The number of amides is 1. The van der Waals surface area contributed by atoms with E-state index in [0.29, 0.717) is 12.1 Å². The number of hydrogen-bond donors (Lipinski definition) is 2. The Morgan fingerprint density at radius 1 is 1.22 bits per heavy atom. The van der Waals surface area contributed by atoms with Crippen LogP contribution >= 0.6 is 0 Å². The average Bonchev–Trinajstić information content (AvgIpc) is 2.43. The van der Waals surface area contributed by atoms with Crippen molar-refractivity contribution in [1.29, 1.82) is 0 Å². The molecule has 0 aliphatic rings. The van der Waals surface area contributed by atoms with Crippen LogP contribution in [0.25, 0.3) is 0 Å². The second-order valence-corrected chi connectivity index (χ2v) is 4.08. The van der Waals surface area contributed by atoms with Gasteiger partial charge in [0.25, 0.3) is 5.91 Å². The minimum atomic E-state index is -0.0212.